The van der Waals surface area contributed by atoms with Crippen LogP contribution in [-0.2, 0) is 0 Å². The predicted molar refractivity (Wildman–Crippen MR) is 113 cm³/mol. The zero-order valence-electron chi connectivity index (χ0n) is 15.4. The summed E-state index contributed by atoms with van der Waals surface area (Å²) in [5.74, 6) is -0.685. The first kappa shape index (κ1) is 18.6. The summed E-state index contributed by atoms with van der Waals surface area (Å²) >= 11 is 1.11. The summed E-state index contributed by atoms with van der Waals surface area (Å²) in [5.41, 5.74) is 15.6. The molecule has 0 aliphatic rings. The van der Waals surface area contributed by atoms with E-state index < -0.39 is 5.82 Å². The molecule has 2 aromatic heterocycles. The van der Waals surface area contributed by atoms with Gasteiger partial charge >= 0.3 is 0 Å². The SMILES string of the molecule is Cc1ccc(-c2c(C#N)c(N)nc3sc(C(=O)c4ccc(F)cc4)c(N)c23)cc1. The third-order valence-electron chi connectivity index (χ3n) is 4.67. The molecule has 0 atom stereocenters. The first-order valence-electron chi connectivity index (χ1n) is 8.69. The number of carbonyl (C=O) groups is 1. The molecule has 2 aromatic carbocycles. The second-order valence-corrected chi connectivity index (χ2v) is 7.58. The van der Waals surface area contributed by atoms with Crippen molar-refractivity contribution in [3.05, 3.63) is 75.9 Å². The molecule has 5 nitrogen and oxygen atoms in total. The average Bonchev–Trinajstić information content (AvgIpc) is 3.03. The van der Waals surface area contributed by atoms with Crippen LogP contribution in [0.2, 0.25) is 0 Å². The molecule has 142 valence electrons. The van der Waals surface area contributed by atoms with Gasteiger partial charge in [-0.2, -0.15) is 5.26 Å². The molecule has 4 rings (SSSR count). The number of aromatic nitrogens is 1. The van der Waals surface area contributed by atoms with Gasteiger partial charge in [0.1, 0.15) is 33.0 Å². The van der Waals surface area contributed by atoms with Gasteiger partial charge in [-0.1, -0.05) is 29.8 Å². The highest BCUT2D eigenvalue weighted by Gasteiger charge is 2.24. The maximum absolute atomic E-state index is 13.2. The van der Waals surface area contributed by atoms with Crippen molar-refractivity contribution in [1.29, 1.82) is 5.26 Å². The predicted octanol–water partition coefficient (Wildman–Crippen LogP) is 4.68. The van der Waals surface area contributed by atoms with Crippen LogP contribution in [-0.4, -0.2) is 10.8 Å². The summed E-state index contributed by atoms with van der Waals surface area (Å²) in [6.45, 7) is 1.96. The lowest BCUT2D eigenvalue weighted by Crippen LogP contribution is -2.03. The molecule has 0 saturated carbocycles. The zero-order chi connectivity index (χ0) is 20.7. The lowest BCUT2D eigenvalue weighted by molar-refractivity contribution is 0.104. The summed E-state index contributed by atoms with van der Waals surface area (Å²) in [6, 6.07) is 15.0. The smallest absolute Gasteiger partial charge is 0.205 e. The summed E-state index contributed by atoms with van der Waals surface area (Å²) in [7, 11) is 0. The Balaban J connectivity index is 2.00. The Labute approximate surface area is 170 Å². The number of hydrogen-bond acceptors (Lipinski definition) is 6. The minimum atomic E-state index is -0.430. The Kier molecular flexibility index (Phi) is 4.49. The van der Waals surface area contributed by atoms with Gasteiger partial charge in [-0.05, 0) is 36.8 Å². The van der Waals surface area contributed by atoms with Crippen LogP contribution in [0.3, 0.4) is 0 Å². The number of halogens is 1. The lowest BCUT2D eigenvalue weighted by atomic mass is 9.96. The third kappa shape index (κ3) is 3.10. The summed E-state index contributed by atoms with van der Waals surface area (Å²) in [5, 5.41) is 10.2. The van der Waals surface area contributed by atoms with Crippen molar-refractivity contribution >= 4 is 38.8 Å². The number of aryl methyl sites for hydroxylation is 1. The molecule has 29 heavy (non-hydrogen) atoms. The highest BCUT2D eigenvalue weighted by Crippen LogP contribution is 2.43. The molecule has 4 aromatic rings. The van der Waals surface area contributed by atoms with Gasteiger partial charge in [0.15, 0.2) is 0 Å². The van der Waals surface area contributed by atoms with Gasteiger partial charge in [-0.15, -0.1) is 11.3 Å². The number of rotatable bonds is 3. The summed E-state index contributed by atoms with van der Waals surface area (Å²) < 4.78 is 13.2. The van der Waals surface area contributed by atoms with Crippen LogP contribution in [0.15, 0.2) is 48.5 Å². The standard InChI is InChI=1S/C22H15FN4OS/c1-11-2-4-12(5-3-11)16-15(10-24)21(26)27-22-17(16)18(25)20(29-22)19(28)13-6-8-14(23)9-7-13/h2-9H,25H2,1H3,(H2,26,27). The molecule has 0 unspecified atom stereocenters. The minimum Gasteiger partial charge on any atom is -0.397 e. The molecule has 0 aliphatic carbocycles. The molecule has 0 amide bonds. The van der Waals surface area contributed by atoms with Crippen LogP contribution in [0.25, 0.3) is 21.3 Å². The number of benzene rings is 2. The number of fused-ring (bicyclic) bond motifs is 1. The number of pyridine rings is 1. The van der Waals surface area contributed by atoms with Crippen LogP contribution in [0.5, 0.6) is 0 Å². The highest BCUT2D eigenvalue weighted by atomic mass is 32.1. The molecule has 0 radical (unpaired) electrons. The first-order valence-corrected chi connectivity index (χ1v) is 9.51. The molecule has 0 aliphatic heterocycles. The van der Waals surface area contributed by atoms with E-state index in [0.717, 1.165) is 22.5 Å². The Morgan fingerprint density at radius 1 is 1.10 bits per heavy atom. The van der Waals surface area contributed by atoms with Crippen molar-refractivity contribution in [2.75, 3.05) is 11.5 Å². The Hall–Kier alpha value is -3.76. The quantitative estimate of drug-likeness (QED) is 0.484. The monoisotopic (exact) mass is 402 g/mol. The van der Waals surface area contributed by atoms with Gasteiger partial charge in [0.25, 0.3) is 0 Å². The van der Waals surface area contributed by atoms with E-state index in [4.69, 9.17) is 11.5 Å². The molecular weight excluding hydrogens is 387 g/mol. The van der Waals surface area contributed by atoms with E-state index in [0.29, 0.717) is 21.3 Å². The van der Waals surface area contributed by atoms with E-state index in [1.807, 2.05) is 31.2 Å². The van der Waals surface area contributed by atoms with E-state index in [2.05, 4.69) is 11.1 Å². The average molecular weight is 402 g/mol. The summed E-state index contributed by atoms with van der Waals surface area (Å²) in [4.78, 5) is 18.0. The van der Waals surface area contributed by atoms with Crippen molar-refractivity contribution in [2.24, 2.45) is 0 Å². The fourth-order valence-corrected chi connectivity index (χ4v) is 4.27. The normalized spacial score (nSPS) is 10.8. The lowest BCUT2D eigenvalue weighted by Gasteiger charge is -2.10. The number of thiophene rings is 1. The van der Waals surface area contributed by atoms with E-state index in [1.165, 1.54) is 24.3 Å². The maximum atomic E-state index is 13.2. The number of nitrogen functional groups attached to an aromatic ring is 2. The van der Waals surface area contributed by atoms with Gasteiger partial charge in [0.2, 0.25) is 5.78 Å². The fraction of sp³-hybridized carbons (Fsp3) is 0.0455. The Morgan fingerprint density at radius 3 is 2.38 bits per heavy atom. The molecule has 0 bridgehead atoms. The molecule has 7 heteroatoms. The maximum Gasteiger partial charge on any atom is 0.205 e. The van der Waals surface area contributed by atoms with E-state index in [-0.39, 0.29) is 27.7 Å². The van der Waals surface area contributed by atoms with Crippen LogP contribution in [0, 0.1) is 24.1 Å². The van der Waals surface area contributed by atoms with Gasteiger partial charge < -0.3 is 11.5 Å². The second-order valence-electron chi connectivity index (χ2n) is 6.59. The second kappa shape index (κ2) is 7.00. The van der Waals surface area contributed by atoms with Gasteiger partial charge in [0, 0.05) is 16.5 Å². The number of hydrogen-bond donors (Lipinski definition) is 2. The van der Waals surface area contributed by atoms with Crippen LogP contribution in [0.4, 0.5) is 15.9 Å². The van der Waals surface area contributed by atoms with E-state index in [9.17, 15) is 14.4 Å². The zero-order valence-corrected chi connectivity index (χ0v) is 16.2. The summed E-state index contributed by atoms with van der Waals surface area (Å²) in [6.07, 6.45) is 0. The van der Waals surface area contributed by atoms with Crippen molar-refractivity contribution < 1.29 is 9.18 Å². The number of nitrogens with zero attached hydrogens (tertiary/aromatic N) is 2. The van der Waals surface area contributed by atoms with Crippen molar-refractivity contribution in [3.63, 3.8) is 0 Å². The fourth-order valence-electron chi connectivity index (χ4n) is 3.19. The third-order valence-corrected chi connectivity index (χ3v) is 5.77. The van der Waals surface area contributed by atoms with Gasteiger partial charge in [0.05, 0.1) is 5.69 Å². The molecule has 0 saturated heterocycles. The highest BCUT2D eigenvalue weighted by molar-refractivity contribution is 7.21. The van der Waals surface area contributed by atoms with E-state index >= 15 is 0 Å². The Morgan fingerprint density at radius 2 is 1.76 bits per heavy atom. The number of anilines is 2. The molecular formula is C22H15FN4OS. The van der Waals surface area contributed by atoms with Crippen molar-refractivity contribution in [1.82, 2.24) is 4.98 Å². The van der Waals surface area contributed by atoms with Crippen LogP contribution in [0.1, 0.15) is 26.4 Å². The number of nitriles is 1. The first-order chi connectivity index (χ1) is 13.9. The van der Waals surface area contributed by atoms with Gasteiger partial charge in [-0.3, -0.25) is 4.79 Å². The molecule has 0 fully saturated rings. The number of carbonyl (C=O) groups excluding carboxylic acids is 1. The largest absolute Gasteiger partial charge is 0.397 e. The van der Waals surface area contributed by atoms with Crippen molar-refractivity contribution in [3.8, 4) is 17.2 Å². The minimum absolute atomic E-state index is 0.0811. The van der Waals surface area contributed by atoms with Crippen LogP contribution >= 0.6 is 11.3 Å². The van der Waals surface area contributed by atoms with Crippen LogP contribution < -0.4 is 11.5 Å². The topological polar surface area (TPSA) is 106 Å². The van der Waals surface area contributed by atoms with E-state index in [1.54, 1.807) is 0 Å². The number of ketones is 1. The molecule has 0 spiro atoms. The number of nitrogens with two attached hydrogens (primary N) is 2. The Bertz CT molecular complexity index is 1300. The van der Waals surface area contributed by atoms with Crippen molar-refractivity contribution in [2.45, 2.75) is 6.92 Å². The molecule has 2 heterocycles. The molecule has 4 N–H and O–H groups in total. The van der Waals surface area contributed by atoms with Gasteiger partial charge in [-0.25, -0.2) is 9.37 Å².